The maximum atomic E-state index is 5.91. The number of piperazine rings is 2. The van der Waals surface area contributed by atoms with Crippen molar-refractivity contribution in [2.75, 3.05) is 65.4 Å². The Morgan fingerprint density at radius 1 is 0.638 bits per heavy atom. The lowest BCUT2D eigenvalue weighted by molar-refractivity contribution is 0.135. The van der Waals surface area contributed by atoms with Gasteiger partial charge in [0, 0.05) is 106 Å². The predicted molar refractivity (Wildman–Crippen MR) is 190 cm³/mol. The molecular formula is C36H47ClN8O2. The van der Waals surface area contributed by atoms with E-state index in [9.17, 15) is 0 Å². The Balaban J connectivity index is 0.000000185. The van der Waals surface area contributed by atoms with E-state index in [0.717, 1.165) is 130 Å². The van der Waals surface area contributed by atoms with E-state index in [1.54, 1.807) is 0 Å². The van der Waals surface area contributed by atoms with Gasteiger partial charge < -0.3 is 9.05 Å². The van der Waals surface area contributed by atoms with Crippen LogP contribution in [0, 0.1) is 0 Å². The van der Waals surface area contributed by atoms with Gasteiger partial charge in [0.05, 0.1) is 0 Å². The summed E-state index contributed by atoms with van der Waals surface area (Å²) in [5, 5.41) is 22.0. The second kappa shape index (κ2) is 18.4. The molecule has 4 heterocycles. The normalized spacial score (nSPS) is 16.2. The fourth-order valence-electron chi connectivity index (χ4n) is 5.80. The quantitative estimate of drug-likeness (QED) is 0.161. The Kier molecular flexibility index (Phi) is 13.4. The molecule has 11 heteroatoms. The SMILES string of the molecule is C/C=N/N1CCN(CCCc2cc(-c3ccc(Cl)cc3)no2)CC1.C/C=N/N1CCN(CCCc2cc(-c3ccccc3)no2)CC1. The van der Waals surface area contributed by atoms with Gasteiger partial charge in [0.25, 0.3) is 0 Å². The molecule has 0 amide bonds. The first-order chi connectivity index (χ1) is 23.1. The van der Waals surface area contributed by atoms with Crippen molar-refractivity contribution in [2.45, 2.75) is 39.5 Å². The second-order valence-corrected chi connectivity index (χ2v) is 12.2. The highest BCUT2D eigenvalue weighted by Gasteiger charge is 2.16. The smallest absolute Gasteiger partial charge is 0.137 e. The summed E-state index contributed by atoms with van der Waals surface area (Å²) >= 11 is 5.91. The average molecular weight is 659 g/mol. The van der Waals surface area contributed by atoms with Crippen LogP contribution in [0.3, 0.4) is 0 Å². The molecule has 2 fully saturated rings. The Morgan fingerprint density at radius 2 is 1.09 bits per heavy atom. The van der Waals surface area contributed by atoms with Crippen LogP contribution in [0.1, 0.15) is 38.2 Å². The summed E-state index contributed by atoms with van der Waals surface area (Å²) in [6.07, 6.45) is 7.75. The summed E-state index contributed by atoms with van der Waals surface area (Å²) in [5.41, 5.74) is 3.93. The largest absolute Gasteiger partial charge is 0.361 e. The van der Waals surface area contributed by atoms with Crippen molar-refractivity contribution in [2.24, 2.45) is 10.2 Å². The maximum absolute atomic E-state index is 5.91. The number of hydrogen-bond acceptors (Lipinski definition) is 10. The van der Waals surface area contributed by atoms with E-state index in [0.29, 0.717) is 0 Å². The van der Waals surface area contributed by atoms with Gasteiger partial charge in [-0.15, -0.1) is 0 Å². The first-order valence-electron chi connectivity index (χ1n) is 16.7. The number of nitrogens with zero attached hydrogens (tertiary/aromatic N) is 8. The molecule has 0 aliphatic carbocycles. The summed E-state index contributed by atoms with van der Waals surface area (Å²) in [6, 6.07) is 21.9. The van der Waals surface area contributed by atoms with Crippen LogP contribution < -0.4 is 0 Å². The van der Waals surface area contributed by atoms with E-state index in [2.05, 4.69) is 58.5 Å². The highest BCUT2D eigenvalue weighted by atomic mass is 35.5. The molecule has 4 aromatic rings. The zero-order valence-electron chi connectivity index (χ0n) is 27.7. The number of halogens is 1. The fraction of sp³-hybridized carbons (Fsp3) is 0.444. The van der Waals surface area contributed by atoms with Gasteiger partial charge >= 0.3 is 0 Å². The molecule has 2 saturated heterocycles. The third-order valence-electron chi connectivity index (χ3n) is 8.38. The van der Waals surface area contributed by atoms with Crippen molar-refractivity contribution in [3.63, 3.8) is 0 Å². The molecule has 250 valence electrons. The lowest BCUT2D eigenvalue weighted by atomic mass is 10.1. The Morgan fingerprint density at radius 3 is 1.53 bits per heavy atom. The molecule has 2 aliphatic rings. The van der Waals surface area contributed by atoms with Gasteiger partial charge in [-0.3, -0.25) is 19.8 Å². The minimum Gasteiger partial charge on any atom is -0.361 e. The van der Waals surface area contributed by atoms with E-state index < -0.39 is 0 Å². The fourth-order valence-corrected chi connectivity index (χ4v) is 5.92. The van der Waals surface area contributed by atoms with Crippen LogP contribution in [-0.4, -0.2) is 108 Å². The lowest BCUT2D eigenvalue weighted by Gasteiger charge is -2.32. The monoisotopic (exact) mass is 658 g/mol. The molecule has 0 unspecified atom stereocenters. The number of aryl methyl sites for hydroxylation is 2. The summed E-state index contributed by atoms with van der Waals surface area (Å²) in [4.78, 5) is 4.98. The summed E-state index contributed by atoms with van der Waals surface area (Å²) < 4.78 is 10.9. The molecule has 0 N–H and O–H groups in total. The molecular weight excluding hydrogens is 612 g/mol. The Hall–Kier alpha value is -3.99. The molecule has 10 nitrogen and oxygen atoms in total. The molecule has 0 bridgehead atoms. The van der Waals surface area contributed by atoms with E-state index in [-0.39, 0.29) is 0 Å². The number of aromatic nitrogens is 2. The first-order valence-corrected chi connectivity index (χ1v) is 17.1. The lowest BCUT2D eigenvalue weighted by Crippen LogP contribution is -2.44. The van der Waals surface area contributed by atoms with Gasteiger partial charge in [0.1, 0.15) is 22.9 Å². The van der Waals surface area contributed by atoms with E-state index in [1.807, 2.05) is 74.8 Å². The summed E-state index contributed by atoms with van der Waals surface area (Å²) in [6.45, 7) is 14.5. The van der Waals surface area contributed by atoms with Crippen LogP contribution in [0.2, 0.25) is 5.02 Å². The number of hydrogen-bond donors (Lipinski definition) is 0. The number of rotatable bonds is 12. The molecule has 47 heavy (non-hydrogen) atoms. The van der Waals surface area contributed by atoms with Crippen LogP contribution in [0.15, 0.2) is 86.0 Å². The zero-order chi connectivity index (χ0) is 32.7. The van der Waals surface area contributed by atoms with Gasteiger partial charge in [-0.2, -0.15) is 10.2 Å². The van der Waals surface area contributed by atoms with Crippen LogP contribution in [0.25, 0.3) is 22.5 Å². The first kappa shape index (κ1) is 34.3. The van der Waals surface area contributed by atoms with Crippen molar-refractivity contribution < 1.29 is 9.05 Å². The van der Waals surface area contributed by atoms with E-state index in [4.69, 9.17) is 20.6 Å². The van der Waals surface area contributed by atoms with Gasteiger partial charge in [0.2, 0.25) is 0 Å². The summed E-state index contributed by atoms with van der Waals surface area (Å²) in [7, 11) is 0. The van der Waals surface area contributed by atoms with E-state index >= 15 is 0 Å². The molecule has 6 rings (SSSR count). The molecule has 0 atom stereocenters. The Bertz CT molecular complexity index is 1510. The van der Waals surface area contributed by atoms with Gasteiger partial charge in [-0.25, -0.2) is 0 Å². The standard InChI is InChI=1S/C18H23ClN4O.C18H24N4O/c1-2-20-23-12-10-22(11-13-23)9-3-4-17-14-18(21-24-17)15-5-7-16(19)8-6-15;1-2-19-22-13-11-21(12-14-22)10-6-9-17-15-18(20-23-17)16-7-4-3-5-8-16/h2,5-8,14H,3-4,9-13H2,1H3;2-5,7-8,15H,6,9-14H2,1H3/b20-2+;19-2+. The van der Waals surface area contributed by atoms with Crippen LogP contribution in [0.5, 0.6) is 0 Å². The minimum absolute atomic E-state index is 0.729. The molecule has 2 aliphatic heterocycles. The topological polar surface area (TPSA) is 89.7 Å². The third-order valence-corrected chi connectivity index (χ3v) is 8.63. The molecule has 0 radical (unpaired) electrons. The maximum Gasteiger partial charge on any atom is 0.137 e. The van der Waals surface area contributed by atoms with Crippen LogP contribution in [-0.2, 0) is 12.8 Å². The predicted octanol–water partition coefficient (Wildman–Crippen LogP) is 6.45. The van der Waals surface area contributed by atoms with Crippen molar-refractivity contribution in [1.29, 1.82) is 0 Å². The van der Waals surface area contributed by atoms with Crippen molar-refractivity contribution in [3.05, 3.63) is 83.3 Å². The zero-order valence-corrected chi connectivity index (χ0v) is 28.4. The highest BCUT2D eigenvalue weighted by Crippen LogP contribution is 2.22. The van der Waals surface area contributed by atoms with Crippen LogP contribution in [0.4, 0.5) is 0 Å². The molecule has 2 aromatic heterocycles. The number of benzene rings is 2. The third kappa shape index (κ3) is 11.1. The second-order valence-electron chi connectivity index (χ2n) is 11.8. The Labute approximate surface area is 283 Å². The molecule has 0 saturated carbocycles. The van der Waals surface area contributed by atoms with Crippen molar-refractivity contribution >= 4 is 24.0 Å². The van der Waals surface area contributed by atoms with E-state index in [1.165, 1.54) is 0 Å². The van der Waals surface area contributed by atoms with Gasteiger partial charge in [-0.05, 0) is 51.9 Å². The minimum atomic E-state index is 0.729. The van der Waals surface area contributed by atoms with Crippen LogP contribution >= 0.6 is 11.6 Å². The van der Waals surface area contributed by atoms with Gasteiger partial charge in [0.15, 0.2) is 0 Å². The average Bonchev–Trinajstić information content (AvgIpc) is 3.78. The highest BCUT2D eigenvalue weighted by molar-refractivity contribution is 6.30. The van der Waals surface area contributed by atoms with Gasteiger partial charge in [-0.1, -0.05) is 64.4 Å². The summed E-state index contributed by atoms with van der Waals surface area (Å²) in [5.74, 6) is 1.91. The molecule has 2 aromatic carbocycles. The number of hydrazone groups is 2. The molecule has 0 spiro atoms. The van der Waals surface area contributed by atoms with Crippen molar-refractivity contribution in [1.82, 2.24) is 30.1 Å². The van der Waals surface area contributed by atoms with Crippen molar-refractivity contribution in [3.8, 4) is 22.5 Å².